The first kappa shape index (κ1) is 23.6. The second kappa shape index (κ2) is 10.6. The van der Waals surface area contributed by atoms with Gasteiger partial charge >= 0.3 is 0 Å². The SMILES string of the molecule is CCOc1ccccc1-n1c(SCC(=O)N(C)Cc2ccccc2C)nc2ccccc2c1=O. The lowest BCUT2D eigenvalue weighted by Crippen LogP contribution is -2.29. The number of hydrogen-bond donors (Lipinski definition) is 0. The first-order valence-corrected chi connectivity index (χ1v) is 12.1. The first-order chi connectivity index (χ1) is 16.5. The van der Waals surface area contributed by atoms with E-state index in [0.29, 0.717) is 40.6 Å². The summed E-state index contributed by atoms with van der Waals surface area (Å²) >= 11 is 1.25. The molecule has 0 unspecified atom stereocenters. The Balaban J connectivity index is 1.67. The maximum Gasteiger partial charge on any atom is 0.266 e. The molecule has 6 nitrogen and oxygen atoms in total. The molecular weight excluding hydrogens is 446 g/mol. The normalized spacial score (nSPS) is 10.9. The van der Waals surface area contributed by atoms with E-state index in [1.807, 2.05) is 80.6 Å². The van der Waals surface area contributed by atoms with Crippen LogP contribution in [0, 0.1) is 6.92 Å². The lowest BCUT2D eigenvalue weighted by atomic mass is 10.1. The molecule has 7 heteroatoms. The van der Waals surface area contributed by atoms with Gasteiger partial charge in [0.2, 0.25) is 5.91 Å². The number of para-hydroxylation sites is 3. The first-order valence-electron chi connectivity index (χ1n) is 11.1. The molecule has 0 atom stereocenters. The molecule has 0 bridgehead atoms. The number of rotatable bonds is 8. The summed E-state index contributed by atoms with van der Waals surface area (Å²) in [7, 11) is 1.79. The minimum atomic E-state index is -0.194. The highest BCUT2D eigenvalue weighted by Crippen LogP contribution is 2.27. The third-order valence-corrected chi connectivity index (χ3v) is 6.49. The molecule has 0 saturated carbocycles. The molecule has 3 aromatic carbocycles. The van der Waals surface area contributed by atoms with Gasteiger partial charge in [-0.1, -0.05) is 60.3 Å². The van der Waals surface area contributed by atoms with E-state index >= 15 is 0 Å². The van der Waals surface area contributed by atoms with E-state index in [1.165, 1.54) is 11.8 Å². The predicted molar refractivity (Wildman–Crippen MR) is 137 cm³/mol. The van der Waals surface area contributed by atoms with Crippen molar-refractivity contribution in [2.75, 3.05) is 19.4 Å². The van der Waals surface area contributed by atoms with Gasteiger partial charge in [-0.3, -0.25) is 14.2 Å². The number of carbonyl (C=O) groups is 1. The number of aryl methyl sites for hydroxylation is 1. The van der Waals surface area contributed by atoms with Crippen molar-refractivity contribution in [2.24, 2.45) is 0 Å². The Morgan fingerprint density at radius 1 is 1.03 bits per heavy atom. The zero-order valence-electron chi connectivity index (χ0n) is 19.5. The van der Waals surface area contributed by atoms with Crippen LogP contribution < -0.4 is 10.3 Å². The lowest BCUT2D eigenvalue weighted by Gasteiger charge is -2.19. The van der Waals surface area contributed by atoms with Crippen molar-refractivity contribution in [3.63, 3.8) is 0 Å². The molecule has 174 valence electrons. The molecule has 0 spiro atoms. The van der Waals surface area contributed by atoms with Crippen LogP contribution in [0.1, 0.15) is 18.1 Å². The third-order valence-electron chi connectivity index (χ3n) is 5.57. The summed E-state index contributed by atoms with van der Waals surface area (Å²) < 4.78 is 7.33. The van der Waals surface area contributed by atoms with Crippen molar-refractivity contribution in [3.05, 3.63) is 94.3 Å². The Bertz CT molecular complexity index is 1380. The highest BCUT2D eigenvalue weighted by Gasteiger charge is 2.19. The number of fused-ring (bicyclic) bond motifs is 1. The number of thioether (sulfide) groups is 1. The second-order valence-electron chi connectivity index (χ2n) is 7.92. The fourth-order valence-corrected chi connectivity index (χ4v) is 4.65. The Morgan fingerprint density at radius 2 is 1.74 bits per heavy atom. The average Bonchev–Trinajstić information content (AvgIpc) is 2.85. The van der Waals surface area contributed by atoms with Gasteiger partial charge in [-0.25, -0.2) is 4.98 Å². The molecule has 1 aromatic heterocycles. The van der Waals surface area contributed by atoms with Crippen LogP contribution in [0.15, 0.2) is 82.7 Å². The van der Waals surface area contributed by atoms with Gasteiger partial charge in [-0.05, 0) is 49.2 Å². The molecule has 0 radical (unpaired) electrons. The van der Waals surface area contributed by atoms with Crippen LogP contribution in [0.3, 0.4) is 0 Å². The number of aromatic nitrogens is 2. The van der Waals surface area contributed by atoms with Gasteiger partial charge in [-0.15, -0.1) is 0 Å². The summed E-state index contributed by atoms with van der Waals surface area (Å²) in [6.45, 7) is 4.93. The van der Waals surface area contributed by atoms with E-state index in [1.54, 1.807) is 22.6 Å². The van der Waals surface area contributed by atoms with E-state index in [-0.39, 0.29) is 17.2 Å². The number of nitrogens with zero attached hydrogens (tertiary/aromatic N) is 3. The van der Waals surface area contributed by atoms with Crippen molar-refractivity contribution in [3.8, 4) is 11.4 Å². The highest BCUT2D eigenvalue weighted by atomic mass is 32.2. The number of carbonyl (C=O) groups excluding carboxylic acids is 1. The van der Waals surface area contributed by atoms with E-state index in [0.717, 1.165) is 11.1 Å². The molecule has 0 aliphatic carbocycles. The fraction of sp³-hybridized carbons (Fsp3) is 0.222. The van der Waals surface area contributed by atoms with Crippen LogP contribution in [0.25, 0.3) is 16.6 Å². The summed E-state index contributed by atoms with van der Waals surface area (Å²) in [5, 5.41) is 0.967. The smallest absolute Gasteiger partial charge is 0.266 e. The molecule has 34 heavy (non-hydrogen) atoms. The van der Waals surface area contributed by atoms with Crippen molar-refractivity contribution in [1.82, 2.24) is 14.5 Å². The fourth-order valence-electron chi connectivity index (χ4n) is 3.71. The van der Waals surface area contributed by atoms with Crippen LogP contribution >= 0.6 is 11.8 Å². The van der Waals surface area contributed by atoms with Gasteiger partial charge in [0, 0.05) is 13.6 Å². The Kier molecular flexibility index (Phi) is 7.33. The van der Waals surface area contributed by atoms with Gasteiger partial charge in [0.1, 0.15) is 5.75 Å². The Labute approximate surface area is 203 Å². The molecule has 1 heterocycles. The van der Waals surface area contributed by atoms with Crippen LogP contribution in [0.5, 0.6) is 5.75 Å². The number of hydrogen-bond acceptors (Lipinski definition) is 5. The van der Waals surface area contributed by atoms with E-state index in [2.05, 4.69) is 0 Å². The zero-order chi connectivity index (χ0) is 24.1. The van der Waals surface area contributed by atoms with E-state index in [4.69, 9.17) is 9.72 Å². The highest BCUT2D eigenvalue weighted by molar-refractivity contribution is 7.99. The summed E-state index contributed by atoms with van der Waals surface area (Å²) in [5.41, 5.74) is 3.26. The Morgan fingerprint density at radius 3 is 2.53 bits per heavy atom. The minimum absolute atomic E-state index is 0.0414. The van der Waals surface area contributed by atoms with E-state index in [9.17, 15) is 9.59 Å². The van der Waals surface area contributed by atoms with Crippen LogP contribution in [0.2, 0.25) is 0 Å². The van der Waals surface area contributed by atoms with Crippen LogP contribution in [0.4, 0.5) is 0 Å². The molecule has 0 fully saturated rings. The number of benzene rings is 3. The standard InChI is InChI=1S/C27H27N3O3S/c1-4-33-24-16-10-9-15-23(24)30-26(32)21-13-7-8-14-22(21)28-27(30)34-18-25(31)29(3)17-20-12-6-5-11-19(20)2/h5-16H,4,17-18H2,1-3H3. The van der Waals surface area contributed by atoms with Crippen LogP contribution in [-0.2, 0) is 11.3 Å². The van der Waals surface area contributed by atoms with Crippen molar-refractivity contribution < 1.29 is 9.53 Å². The second-order valence-corrected chi connectivity index (χ2v) is 8.86. The molecular formula is C27H27N3O3S. The van der Waals surface area contributed by atoms with Gasteiger partial charge in [0.25, 0.3) is 5.56 Å². The maximum atomic E-state index is 13.5. The zero-order valence-corrected chi connectivity index (χ0v) is 20.3. The molecule has 1 amide bonds. The lowest BCUT2D eigenvalue weighted by molar-refractivity contribution is -0.127. The number of ether oxygens (including phenoxy) is 1. The maximum absolute atomic E-state index is 13.5. The van der Waals surface area contributed by atoms with Crippen LogP contribution in [-0.4, -0.2) is 39.8 Å². The van der Waals surface area contributed by atoms with Crippen molar-refractivity contribution >= 4 is 28.6 Å². The van der Waals surface area contributed by atoms with Gasteiger partial charge in [-0.2, -0.15) is 0 Å². The molecule has 0 aliphatic rings. The summed E-state index contributed by atoms with van der Waals surface area (Å²) in [5.74, 6) is 0.707. The largest absolute Gasteiger partial charge is 0.492 e. The topological polar surface area (TPSA) is 64.4 Å². The number of amides is 1. The Hall–Kier alpha value is -3.58. The van der Waals surface area contributed by atoms with Gasteiger partial charge in [0.15, 0.2) is 5.16 Å². The quantitative estimate of drug-likeness (QED) is 0.271. The molecule has 4 aromatic rings. The summed E-state index contributed by atoms with van der Waals surface area (Å²) in [4.78, 5) is 32.9. The minimum Gasteiger partial charge on any atom is -0.492 e. The molecule has 0 aliphatic heterocycles. The molecule has 4 rings (SSSR count). The summed E-state index contributed by atoms with van der Waals surface area (Å²) in [6, 6.07) is 22.7. The van der Waals surface area contributed by atoms with E-state index < -0.39 is 0 Å². The van der Waals surface area contributed by atoms with Gasteiger partial charge in [0.05, 0.1) is 29.0 Å². The average molecular weight is 474 g/mol. The van der Waals surface area contributed by atoms with Gasteiger partial charge < -0.3 is 9.64 Å². The molecule has 0 saturated heterocycles. The third kappa shape index (κ3) is 4.99. The molecule has 0 N–H and O–H groups in total. The summed E-state index contributed by atoms with van der Waals surface area (Å²) in [6.07, 6.45) is 0. The monoisotopic (exact) mass is 473 g/mol. The predicted octanol–water partition coefficient (Wildman–Crippen LogP) is 4.84. The van der Waals surface area contributed by atoms with Crippen molar-refractivity contribution in [1.29, 1.82) is 0 Å². The van der Waals surface area contributed by atoms with Crippen molar-refractivity contribution in [2.45, 2.75) is 25.5 Å².